The van der Waals surface area contributed by atoms with Crippen molar-refractivity contribution in [2.45, 2.75) is 32.4 Å². The molecule has 3 rings (SSSR count). The highest BCUT2D eigenvalue weighted by Crippen LogP contribution is 2.35. The highest BCUT2D eigenvalue weighted by Gasteiger charge is 2.33. The molecule has 0 aromatic heterocycles. The SMILES string of the molecule is CCCNC(=O)[C@H](Cc1ccccc1)N(Cc1ccc(Br)cc1)C(=O)CN(c1cc(Cl)c(Cl)cc1Cl)S(C)(=O)=O. The number of nitrogens with zero attached hydrogens (tertiary/aromatic N) is 2. The minimum atomic E-state index is -4.00. The van der Waals surface area contributed by atoms with Gasteiger partial charge in [-0.2, -0.15) is 0 Å². The molecule has 0 saturated heterocycles. The van der Waals surface area contributed by atoms with Gasteiger partial charge < -0.3 is 10.2 Å². The molecule has 0 unspecified atom stereocenters. The van der Waals surface area contributed by atoms with Crippen LogP contribution in [0, 0.1) is 0 Å². The quantitative estimate of drug-likeness (QED) is 0.225. The van der Waals surface area contributed by atoms with Crippen LogP contribution in [-0.2, 0) is 32.6 Å². The molecule has 0 aliphatic carbocycles. The largest absolute Gasteiger partial charge is 0.354 e. The number of carbonyl (C=O) groups excluding carboxylic acids is 2. The molecule has 40 heavy (non-hydrogen) atoms. The Hall–Kier alpha value is -2.30. The van der Waals surface area contributed by atoms with E-state index in [1.54, 1.807) is 0 Å². The van der Waals surface area contributed by atoms with E-state index in [9.17, 15) is 18.0 Å². The van der Waals surface area contributed by atoms with Crippen LogP contribution in [0.3, 0.4) is 0 Å². The van der Waals surface area contributed by atoms with Gasteiger partial charge in [-0.15, -0.1) is 0 Å². The predicted octanol–water partition coefficient (Wildman–Crippen LogP) is 6.34. The number of halogens is 4. The Balaban J connectivity index is 2.07. The van der Waals surface area contributed by atoms with E-state index in [1.165, 1.54) is 17.0 Å². The molecule has 3 aromatic carbocycles. The topological polar surface area (TPSA) is 86.8 Å². The second kappa shape index (κ2) is 14.5. The maximum absolute atomic E-state index is 14.0. The van der Waals surface area contributed by atoms with Crippen LogP contribution in [-0.4, -0.2) is 50.5 Å². The molecule has 1 atom stereocenters. The van der Waals surface area contributed by atoms with Crippen molar-refractivity contribution in [1.82, 2.24) is 10.2 Å². The summed E-state index contributed by atoms with van der Waals surface area (Å²) in [6, 6.07) is 18.4. The van der Waals surface area contributed by atoms with Crippen molar-refractivity contribution < 1.29 is 18.0 Å². The Morgan fingerprint density at radius 1 is 0.925 bits per heavy atom. The molecule has 0 radical (unpaired) electrons. The molecule has 0 aliphatic rings. The van der Waals surface area contributed by atoms with Crippen LogP contribution >= 0.6 is 50.7 Å². The fraction of sp³-hybridized carbons (Fsp3) is 0.286. The zero-order valence-electron chi connectivity index (χ0n) is 21.9. The van der Waals surface area contributed by atoms with Gasteiger partial charge in [-0.1, -0.05) is 100 Å². The van der Waals surface area contributed by atoms with Crippen molar-refractivity contribution in [3.05, 3.63) is 97.4 Å². The van der Waals surface area contributed by atoms with Gasteiger partial charge >= 0.3 is 0 Å². The van der Waals surface area contributed by atoms with Crippen LogP contribution in [0.25, 0.3) is 0 Å². The zero-order valence-corrected chi connectivity index (χ0v) is 26.6. The average Bonchev–Trinajstić information content (AvgIpc) is 2.91. The maximum Gasteiger partial charge on any atom is 0.244 e. The number of amides is 2. The number of rotatable bonds is 12. The van der Waals surface area contributed by atoms with Gasteiger partial charge in [0.2, 0.25) is 21.8 Å². The first-order chi connectivity index (χ1) is 18.9. The highest BCUT2D eigenvalue weighted by atomic mass is 79.9. The average molecular weight is 690 g/mol. The van der Waals surface area contributed by atoms with E-state index < -0.39 is 28.5 Å². The molecule has 0 bridgehead atoms. The zero-order chi connectivity index (χ0) is 29.4. The van der Waals surface area contributed by atoms with Crippen molar-refractivity contribution in [3.63, 3.8) is 0 Å². The van der Waals surface area contributed by atoms with E-state index in [0.29, 0.717) is 13.0 Å². The molecule has 1 N–H and O–H groups in total. The monoisotopic (exact) mass is 687 g/mol. The number of carbonyl (C=O) groups is 2. The number of anilines is 1. The van der Waals surface area contributed by atoms with Crippen molar-refractivity contribution in [2.24, 2.45) is 0 Å². The summed E-state index contributed by atoms with van der Waals surface area (Å²) in [4.78, 5) is 28.9. The van der Waals surface area contributed by atoms with Crippen LogP contribution in [0.1, 0.15) is 24.5 Å². The van der Waals surface area contributed by atoms with Crippen LogP contribution in [0.2, 0.25) is 15.1 Å². The van der Waals surface area contributed by atoms with Crippen LogP contribution in [0.15, 0.2) is 71.2 Å². The number of nitrogens with one attached hydrogen (secondary N) is 1. The Labute approximate surface area is 258 Å². The molecule has 2 amide bonds. The molecule has 0 fully saturated rings. The highest BCUT2D eigenvalue weighted by molar-refractivity contribution is 9.10. The molecule has 0 heterocycles. The Kier molecular flexibility index (Phi) is 11.7. The normalized spacial score (nSPS) is 12.1. The van der Waals surface area contributed by atoms with E-state index in [1.807, 2.05) is 61.5 Å². The maximum atomic E-state index is 14.0. The lowest BCUT2D eigenvalue weighted by atomic mass is 10.0. The summed E-state index contributed by atoms with van der Waals surface area (Å²) in [5.74, 6) is -0.933. The van der Waals surface area contributed by atoms with Gasteiger partial charge in [-0.3, -0.25) is 13.9 Å². The van der Waals surface area contributed by atoms with Gasteiger partial charge in [0, 0.05) is 24.0 Å². The van der Waals surface area contributed by atoms with Crippen LogP contribution < -0.4 is 9.62 Å². The summed E-state index contributed by atoms with van der Waals surface area (Å²) in [5.41, 5.74) is 1.61. The molecule has 0 spiro atoms. The lowest BCUT2D eigenvalue weighted by molar-refractivity contribution is -0.140. The summed E-state index contributed by atoms with van der Waals surface area (Å²) >= 11 is 22.0. The minimum Gasteiger partial charge on any atom is -0.354 e. The lowest BCUT2D eigenvalue weighted by Gasteiger charge is -2.33. The van der Waals surface area contributed by atoms with E-state index >= 15 is 0 Å². The molecule has 214 valence electrons. The van der Waals surface area contributed by atoms with E-state index in [0.717, 1.165) is 26.2 Å². The van der Waals surface area contributed by atoms with Gasteiger partial charge in [-0.05, 0) is 41.8 Å². The fourth-order valence-corrected chi connectivity index (χ4v) is 5.82. The summed E-state index contributed by atoms with van der Waals surface area (Å²) in [6.07, 6.45) is 1.90. The molecule has 7 nitrogen and oxygen atoms in total. The molecule has 0 saturated carbocycles. The Bertz CT molecular complexity index is 1440. The van der Waals surface area contributed by atoms with Crippen LogP contribution in [0.5, 0.6) is 0 Å². The lowest BCUT2D eigenvalue weighted by Crippen LogP contribution is -2.53. The second-order valence-electron chi connectivity index (χ2n) is 9.13. The summed E-state index contributed by atoms with van der Waals surface area (Å²) in [6.45, 7) is 1.82. The van der Waals surface area contributed by atoms with Crippen LogP contribution in [0.4, 0.5) is 5.69 Å². The van der Waals surface area contributed by atoms with Crippen molar-refractivity contribution in [2.75, 3.05) is 23.7 Å². The summed E-state index contributed by atoms with van der Waals surface area (Å²) < 4.78 is 27.5. The van der Waals surface area contributed by atoms with Gasteiger partial charge in [0.1, 0.15) is 12.6 Å². The summed E-state index contributed by atoms with van der Waals surface area (Å²) in [5, 5.41) is 3.12. The number of benzene rings is 3. The third-order valence-electron chi connectivity index (χ3n) is 6.02. The van der Waals surface area contributed by atoms with Gasteiger partial charge in [0.15, 0.2) is 0 Å². The molecular weight excluding hydrogens is 661 g/mol. The summed E-state index contributed by atoms with van der Waals surface area (Å²) in [7, 11) is -4.00. The minimum absolute atomic E-state index is 0.00514. The number of hydrogen-bond donors (Lipinski definition) is 1. The third kappa shape index (κ3) is 8.85. The molecule has 0 aliphatic heterocycles. The van der Waals surface area contributed by atoms with E-state index in [-0.39, 0.29) is 39.6 Å². The standard InChI is InChI=1S/C28H29BrCl3N3O4S/c1-3-13-33-28(37)26(14-19-7-5-4-6-8-19)34(17-20-9-11-21(29)12-10-20)27(36)18-35(40(2,38)39)25-16-23(31)22(30)15-24(25)32/h4-12,15-16,26H,3,13-14,17-18H2,1-2H3,(H,33,37)/t26-/m0/s1. The predicted molar refractivity (Wildman–Crippen MR) is 166 cm³/mol. The second-order valence-corrected chi connectivity index (χ2v) is 13.2. The van der Waals surface area contributed by atoms with Gasteiger partial charge in [0.05, 0.1) is 27.0 Å². The van der Waals surface area contributed by atoms with Gasteiger partial charge in [0.25, 0.3) is 0 Å². The first-order valence-corrected chi connectivity index (χ1v) is 16.2. The Morgan fingerprint density at radius 2 is 1.55 bits per heavy atom. The van der Waals surface area contributed by atoms with E-state index in [4.69, 9.17) is 34.8 Å². The first kappa shape index (κ1) is 32.2. The van der Waals surface area contributed by atoms with Crippen molar-refractivity contribution in [3.8, 4) is 0 Å². The van der Waals surface area contributed by atoms with Crippen molar-refractivity contribution in [1.29, 1.82) is 0 Å². The number of sulfonamides is 1. The fourth-order valence-electron chi connectivity index (χ4n) is 4.00. The van der Waals surface area contributed by atoms with Crippen molar-refractivity contribution >= 4 is 78.3 Å². The Morgan fingerprint density at radius 3 is 2.15 bits per heavy atom. The first-order valence-electron chi connectivity index (χ1n) is 12.4. The number of hydrogen-bond acceptors (Lipinski definition) is 4. The molecule has 12 heteroatoms. The van der Waals surface area contributed by atoms with Gasteiger partial charge in [-0.25, -0.2) is 8.42 Å². The molecule has 3 aromatic rings. The van der Waals surface area contributed by atoms with E-state index in [2.05, 4.69) is 21.2 Å². The third-order valence-corrected chi connectivity index (χ3v) is 8.70. The molecular formula is C28H29BrCl3N3O4S. The smallest absolute Gasteiger partial charge is 0.244 e.